The fourth-order valence-corrected chi connectivity index (χ4v) is 3.44. The van der Waals surface area contributed by atoms with Crippen LogP contribution in [0.2, 0.25) is 0 Å². The van der Waals surface area contributed by atoms with E-state index in [1.807, 2.05) is 13.0 Å². The zero-order valence-electron chi connectivity index (χ0n) is 17.0. The summed E-state index contributed by atoms with van der Waals surface area (Å²) in [4.78, 5) is 17.2. The highest BCUT2D eigenvalue weighted by Gasteiger charge is 2.24. The maximum atomic E-state index is 12.5. The average molecular weight is 378 g/mol. The normalized spacial score (nSPS) is 16.9. The molecule has 0 bridgehead atoms. The van der Waals surface area contributed by atoms with Gasteiger partial charge in [0.25, 0.3) is 0 Å². The summed E-state index contributed by atoms with van der Waals surface area (Å²) in [5.41, 5.74) is 3.61. The minimum atomic E-state index is -0.0903. The van der Waals surface area contributed by atoms with Crippen LogP contribution in [0.3, 0.4) is 0 Å². The van der Waals surface area contributed by atoms with Crippen molar-refractivity contribution in [1.29, 1.82) is 0 Å². The molecule has 1 aliphatic heterocycles. The monoisotopic (exact) mass is 377 g/mol. The highest BCUT2D eigenvalue weighted by Crippen LogP contribution is 2.09. The summed E-state index contributed by atoms with van der Waals surface area (Å²) in [6.45, 7) is 9.47. The van der Waals surface area contributed by atoms with Gasteiger partial charge in [-0.2, -0.15) is 0 Å². The predicted molar refractivity (Wildman–Crippen MR) is 116 cm³/mol. The van der Waals surface area contributed by atoms with Gasteiger partial charge in [-0.15, -0.1) is 0 Å². The number of piperazine rings is 1. The van der Waals surface area contributed by atoms with Gasteiger partial charge >= 0.3 is 0 Å². The Morgan fingerprint density at radius 3 is 2.39 bits per heavy atom. The van der Waals surface area contributed by atoms with E-state index in [1.165, 1.54) is 11.1 Å². The Bertz CT molecular complexity index is 762. The van der Waals surface area contributed by atoms with Gasteiger partial charge in [0.1, 0.15) is 0 Å². The summed E-state index contributed by atoms with van der Waals surface area (Å²) < 4.78 is 0. The molecule has 1 atom stereocenters. The molecule has 1 amide bonds. The van der Waals surface area contributed by atoms with Gasteiger partial charge < -0.3 is 5.32 Å². The summed E-state index contributed by atoms with van der Waals surface area (Å²) >= 11 is 0. The largest absolute Gasteiger partial charge is 0.351 e. The molecule has 28 heavy (non-hydrogen) atoms. The predicted octanol–water partition coefficient (Wildman–Crippen LogP) is 3.33. The van der Waals surface area contributed by atoms with Gasteiger partial charge in [0.2, 0.25) is 5.91 Å². The second kappa shape index (κ2) is 10.2. The molecule has 0 saturated carbocycles. The van der Waals surface area contributed by atoms with Crippen LogP contribution in [-0.2, 0) is 11.3 Å². The quantitative estimate of drug-likeness (QED) is 0.804. The Morgan fingerprint density at radius 1 is 1.04 bits per heavy atom. The van der Waals surface area contributed by atoms with E-state index in [4.69, 9.17) is 0 Å². The Labute approximate surface area is 168 Å². The van der Waals surface area contributed by atoms with Crippen molar-refractivity contribution in [3.8, 4) is 0 Å². The molecule has 0 aromatic heterocycles. The summed E-state index contributed by atoms with van der Waals surface area (Å²) in [7, 11) is 0. The Kier molecular flexibility index (Phi) is 7.40. The fraction of sp³-hybridized carbons (Fsp3) is 0.375. The molecule has 2 aromatic carbocycles. The standard InChI is InChI=1S/C24H31N3O/c1-20-10-12-23(13-11-20)19-25-24(28)21(2)27-17-15-26(16-18-27)14-6-9-22-7-4-3-5-8-22/h3-13,21H,14-19H2,1-2H3,(H,25,28). The lowest BCUT2D eigenvalue weighted by molar-refractivity contribution is -0.126. The number of amides is 1. The first kappa shape index (κ1) is 20.3. The number of hydrogen-bond donors (Lipinski definition) is 1. The van der Waals surface area contributed by atoms with E-state index < -0.39 is 0 Å². The second-order valence-corrected chi connectivity index (χ2v) is 7.53. The molecule has 4 heteroatoms. The molecule has 2 aromatic rings. The molecule has 1 N–H and O–H groups in total. The Hall–Kier alpha value is -2.43. The van der Waals surface area contributed by atoms with Crippen LogP contribution in [0.5, 0.6) is 0 Å². The van der Waals surface area contributed by atoms with Crippen LogP contribution in [0.4, 0.5) is 0 Å². The SMILES string of the molecule is Cc1ccc(CNC(=O)C(C)N2CCN(CC=Cc3ccccc3)CC2)cc1. The minimum absolute atomic E-state index is 0.0903. The molecular formula is C24H31N3O. The van der Waals surface area contributed by atoms with Crippen LogP contribution in [-0.4, -0.2) is 54.5 Å². The molecule has 1 unspecified atom stereocenters. The molecule has 148 valence electrons. The Balaban J connectivity index is 1.39. The lowest BCUT2D eigenvalue weighted by Crippen LogP contribution is -2.53. The maximum absolute atomic E-state index is 12.5. The number of carbonyl (C=O) groups is 1. The second-order valence-electron chi connectivity index (χ2n) is 7.53. The Morgan fingerprint density at radius 2 is 1.71 bits per heavy atom. The number of carbonyl (C=O) groups excluding carboxylic acids is 1. The first-order valence-electron chi connectivity index (χ1n) is 10.1. The van der Waals surface area contributed by atoms with Crippen molar-refractivity contribution in [1.82, 2.24) is 15.1 Å². The molecular weight excluding hydrogens is 346 g/mol. The lowest BCUT2D eigenvalue weighted by atomic mass is 10.1. The molecule has 0 spiro atoms. The van der Waals surface area contributed by atoms with Crippen LogP contribution in [0.1, 0.15) is 23.6 Å². The van der Waals surface area contributed by atoms with Crippen molar-refractivity contribution in [3.05, 3.63) is 77.4 Å². The van der Waals surface area contributed by atoms with Crippen molar-refractivity contribution in [2.45, 2.75) is 26.4 Å². The van der Waals surface area contributed by atoms with Crippen LogP contribution in [0.15, 0.2) is 60.7 Å². The number of aryl methyl sites for hydroxylation is 1. The van der Waals surface area contributed by atoms with Crippen LogP contribution >= 0.6 is 0 Å². The molecule has 0 aliphatic carbocycles. The lowest BCUT2D eigenvalue weighted by Gasteiger charge is -2.37. The van der Waals surface area contributed by atoms with Gasteiger partial charge in [0.05, 0.1) is 6.04 Å². The highest BCUT2D eigenvalue weighted by atomic mass is 16.2. The van der Waals surface area contributed by atoms with Crippen molar-refractivity contribution in [2.75, 3.05) is 32.7 Å². The molecule has 1 saturated heterocycles. The van der Waals surface area contributed by atoms with Crippen molar-refractivity contribution in [3.63, 3.8) is 0 Å². The number of benzene rings is 2. The van der Waals surface area contributed by atoms with Gasteiger partial charge in [-0.05, 0) is 25.0 Å². The number of hydrogen-bond acceptors (Lipinski definition) is 3. The number of nitrogens with zero attached hydrogens (tertiary/aromatic N) is 2. The molecule has 3 rings (SSSR count). The third-order valence-electron chi connectivity index (χ3n) is 5.39. The average Bonchev–Trinajstić information content (AvgIpc) is 2.74. The van der Waals surface area contributed by atoms with E-state index in [2.05, 4.69) is 82.7 Å². The van der Waals surface area contributed by atoms with E-state index in [0.29, 0.717) is 6.54 Å². The minimum Gasteiger partial charge on any atom is -0.351 e. The zero-order chi connectivity index (χ0) is 19.8. The van der Waals surface area contributed by atoms with E-state index in [-0.39, 0.29) is 11.9 Å². The van der Waals surface area contributed by atoms with Crippen LogP contribution in [0.25, 0.3) is 6.08 Å². The van der Waals surface area contributed by atoms with Crippen molar-refractivity contribution < 1.29 is 4.79 Å². The fourth-order valence-electron chi connectivity index (χ4n) is 3.44. The zero-order valence-corrected chi connectivity index (χ0v) is 17.0. The van der Waals surface area contributed by atoms with E-state index in [0.717, 1.165) is 38.3 Å². The topological polar surface area (TPSA) is 35.6 Å². The van der Waals surface area contributed by atoms with Gasteiger partial charge in [-0.25, -0.2) is 0 Å². The molecule has 1 heterocycles. The van der Waals surface area contributed by atoms with Gasteiger partial charge in [0.15, 0.2) is 0 Å². The third-order valence-corrected chi connectivity index (χ3v) is 5.39. The molecule has 0 radical (unpaired) electrons. The number of nitrogens with one attached hydrogen (secondary N) is 1. The van der Waals surface area contributed by atoms with Crippen molar-refractivity contribution in [2.24, 2.45) is 0 Å². The van der Waals surface area contributed by atoms with Gasteiger partial charge in [-0.1, -0.05) is 72.3 Å². The first-order valence-corrected chi connectivity index (χ1v) is 10.1. The van der Waals surface area contributed by atoms with E-state index in [1.54, 1.807) is 0 Å². The molecule has 1 aliphatic rings. The summed E-state index contributed by atoms with van der Waals surface area (Å²) in [6, 6.07) is 18.6. The smallest absolute Gasteiger partial charge is 0.237 e. The summed E-state index contributed by atoms with van der Waals surface area (Å²) in [5, 5.41) is 3.07. The highest BCUT2D eigenvalue weighted by molar-refractivity contribution is 5.81. The number of rotatable bonds is 7. The van der Waals surface area contributed by atoms with E-state index >= 15 is 0 Å². The first-order chi connectivity index (χ1) is 13.6. The van der Waals surface area contributed by atoms with Crippen molar-refractivity contribution >= 4 is 12.0 Å². The van der Waals surface area contributed by atoms with Crippen LogP contribution < -0.4 is 5.32 Å². The summed E-state index contributed by atoms with van der Waals surface area (Å²) in [6.07, 6.45) is 4.40. The van der Waals surface area contributed by atoms with Crippen LogP contribution in [0, 0.1) is 6.92 Å². The van der Waals surface area contributed by atoms with Gasteiger partial charge in [-0.3, -0.25) is 14.6 Å². The molecule has 1 fully saturated rings. The van der Waals surface area contributed by atoms with E-state index in [9.17, 15) is 4.79 Å². The summed E-state index contributed by atoms with van der Waals surface area (Å²) in [5.74, 6) is 0.109. The third kappa shape index (κ3) is 6.04. The van der Waals surface area contributed by atoms with Gasteiger partial charge in [0, 0.05) is 39.3 Å². The molecule has 4 nitrogen and oxygen atoms in total. The maximum Gasteiger partial charge on any atom is 0.237 e.